The van der Waals surface area contributed by atoms with Gasteiger partial charge in [-0.15, -0.1) is 17.5 Å². The fourth-order valence-corrected chi connectivity index (χ4v) is 4.71. The summed E-state index contributed by atoms with van der Waals surface area (Å²) in [5.74, 6) is -0.202. The summed E-state index contributed by atoms with van der Waals surface area (Å²) in [4.78, 5) is 14.5. The number of sulfonamides is 1. The third-order valence-corrected chi connectivity index (χ3v) is 6.35. The Morgan fingerprint density at radius 1 is 1.29 bits per heavy atom. The number of nitrogens with one attached hydrogen (secondary N) is 1. The standard InChI is InChI=1S/C13H22N6O3S.ClH/c1-17-12(9-15-16-17)23(21,22)19-6-2-3-11(10-19)13(20)18-7-4-14-5-8-18;/h9,11,14H,2-8,10H2,1H3;1H. The van der Waals surface area contributed by atoms with Crippen LogP contribution in [0.3, 0.4) is 0 Å². The van der Waals surface area contributed by atoms with E-state index in [1.807, 2.05) is 4.90 Å². The maximum absolute atomic E-state index is 12.7. The van der Waals surface area contributed by atoms with Crippen molar-refractivity contribution in [3.05, 3.63) is 6.20 Å². The fraction of sp³-hybridized carbons (Fsp3) is 0.769. The molecule has 24 heavy (non-hydrogen) atoms. The number of aromatic nitrogens is 3. The minimum Gasteiger partial charge on any atom is -0.340 e. The SMILES string of the molecule is Cl.Cn1nncc1S(=O)(=O)N1CCCC(C(=O)N2CCNCC2)C1. The number of halogens is 1. The third kappa shape index (κ3) is 3.71. The molecule has 2 saturated heterocycles. The van der Waals surface area contributed by atoms with Gasteiger partial charge in [-0.2, -0.15) is 4.31 Å². The summed E-state index contributed by atoms with van der Waals surface area (Å²) < 4.78 is 28.0. The zero-order valence-corrected chi connectivity index (χ0v) is 15.2. The number of aryl methyl sites for hydroxylation is 1. The molecule has 9 nitrogen and oxygen atoms in total. The molecule has 1 N–H and O–H groups in total. The molecule has 1 aromatic rings. The molecule has 0 aliphatic carbocycles. The van der Waals surface area contributed by atoms with Gasteiger partial charge >= 0.3 is 0 Å². The van der Waals surface area contributed by atoms with Crippen molar-refractivity contribution in [1.82, 2.24) is 29.5 Å². The maximum atomic E-state index is 12.7. The zero-order valence-electron chi connectivity index (χ0n) is 13.6. The Balaban J connectivity index is 0.00000208. The highest BCUT2D eigenvalue weighted by molar-refractivity contribution is 7.89. The van der Waals surface area contributed by atoms with E-state index in [2.05, 4.69) is 15.6 Å². The first kappa shape index (κ1) is 19.1. The van der Waals surface area contributed by atoms with Crippen LogP contribution in [-0.4, -0.2) is 77.8 Å². The van der Waals surface area contributed by atoms with Gasteiger partial charge in [0.05, 0.1) is 12.1 Å². The summed E-state index contributed by atoms with van der Waals surface area (Å²) in [6.07, 6.45) is 2.67. The van der Waals surface area contributed by atoms with Gasteiger partial charge in [0.2, 0.25) is 5.91 Å². The van der Waals surface area contributed by atoms with Gasteiger partial charge in [-0.3, -0.25) is 4.79 Å². The maximum Gasteiger partial charge on any atom is 0.261 e. The van der Waals surface area contributed by atoms with Crippen LogP contribution < -0.4 is 5.32 Å². The van der Waals surface area contributed by atoms with E-state index in [0.29, 0.717) is 26.1 Å². The lowest BCUT2D eigenvalue weighted by Crippen LogP contribution is -2.52. The minimum atomic E-state index is -3.66. The van der Waals surface area contributed by atoms with Crippen LogP contribution >= 0.6 is 12.4 Å². The van der Waals surface area contributed by atoms with Gasteiger partial charge in [0.15, 0.2) is 5.03 Å². The van der Waals surface area contributed by atoms with Gasteiger partial charge < -0.3 is 10.2 Å². The molecular formula is C13H23ClN6O3S. The number of carbonyl (C=O) groups excluding carboxylic acids is 1. The van der Waals surface area contributed by atoms with Crippen molar-refractivity contribution in [3.63, 3.8) is 0 Å². The highest BCUT2D eigenvalue weighted by atomic mass is 35.5. The molecule has 1 amide bonds. The van der Waals surface area contributed by atoms with E-state index in [9.17, 15) is 13.2 Å². The lowest BCUT2D eigenvalue weighted by atomic mass is 9.98. The molecule has 0 spiro atoms. The van der Waals surface area contributed by atoms with Crippen LogP contribution in [0.2, 0.25) is 0 Å². The second-order valence-electron chi connectivity index (χ2n) is 5.97. The molecular weight excluding hydrogens is 356 g/mol. The smallest absolute Gasteiger partial charge is 0.261 e. The summed E-state index contributed by atoms with van der Waals surface area (Å²) in [6.45, 7) is 3.62. The number of hydrogen-bond donors (Lipinski definition) is 1. The number of rotatable bonds is 3. The summed E-state index contributed by atoms with van der Waals surface area (Å²) >= 11 is 0. The normalized spacial score (nSPS) is 22.9. The molecule has 136 valence electrons. The van der Waals surface area contributed by atoms with E-state index in [4.69, 9.17) is 0 Å². The van der Waals surface area contributed by atoms with E-state index >= 15 is 0 Å². The van der Waals surface area contributed by atoms with Gasteiger partial charge in [0.25, 0.3) is 10.0 Å². The average molecular weight is 379 g/mol. The first-order chi connectivity index (χ1) is 11.0. The van der Waals surface area contributed by atoms with Crippen LogP contribution in [0.25, 0.3) is 0 Å². The minimum absolute atomic E-state index is 0. The summed E-state index contributed by atoms with van der Waals surface area (Å²) in [7, 11) is -2.11. The van der Waals surface area contributed by atoms with Crippen molar-refractivity contribution in [1.29, 1.82) is 0 Å². The van der Waals surface area contributed by atoms with Gasteiger partial charge in [0, 0.05) is 46.3 Å². The predicted molar refractivity (Wildman–Crippen MR) is 89.2 cm³/mol. The molecule has 3 rings (SSSR count). The fourth-order valence-electron chi connectivity index (χ4n) is 3.15. The average Bonchev–Trinajstić information content (AvgIpc) is 3.02. The molecule has 0 radical (unpaired) electrons. The molecule has 2 aliphatic rings. The van der Waals surface area contributed by atoms with Crippen molar-refractivity contribution in [2.75, 3.05) is 39.3 Å². The lowest BCUT2D eigenvalue weighted by molar-refractivity contribution is -0.137. The molecule has 11 heteroatoms. The van der Waals surface area contributed by atoms with Crippen LogP contribution in [0.15, 0.2) is 11.2 Å². The number of amides is 1. The Kier molecular flexibility index (Phi) is 6.18. The quantitative estimate of drug-likeness (QED) is 0.729. The Hall–Kier alpha value is -1.23. The van der Waals surface area contributed by atoms with Gasteiger partial charge in [0.1, 0.15) is 0 Å². The summed E-state index contributed by atoms with van der Waals surface area (Å²) in [6, 6.07) is 0. The van der Waals surface area contributed by atoms with Gasteiger partial charge in [-0.25, -0.2) is 13.1 Å². The molecule has 0 bridgehead atoms. The second-order valence-corrected chi connectivity index (χ2v) is 7.86. The molecule has 0 saturated carbocycles. The van der Waals surface area contributed by atoms with Crippen molar-refractivity contribution >= 4 is 28.3 Å². The van der Waals surface area contributed by atoms with Crippen molar-refractivity contribution in [3.8, 4) is 0 Å². The first-order valence-corrected chi connectivity index (χ1v) is 9.28. The number of piperazine rings is 1. The van der Waals surface area contributed by atoms with E-state index in [0.717, 1.165) is 19.5 Å². The van der Waals surface area contributed by atoms with Crippen molar-refractivity contribution in [2.24, 2.45) is 13.0 Å². The van der Waals surface area contributed by atoms with E-state index < -0.39 is 10.0 Å². The van der Waals surface area contributed by atoms with E-state index in [1.165, 1.54) is 15.2 Å². The Bertz CT molecular complexity index is 673. The largest absolute Gasteiger partial charge is 0.340 e. The number of nitrogens with zero attached hydrogens (tertiary/aromatic N) is 5. The molecule has 2 fully saturated rings. The molecule has 2 aliphatic heterocycles. The molecule has 1 aromatic heterocycles. The summed E-state index contributed by atoms with van der Waals surface area (Å²) in [5, 5.41) is 10.6. The Morgan fingerprint density at radius 2 is 2.00 bits per heavy atom. The Morgan fingerprint density at radius 3 is 2.62 bits per heavy atom. The van der Waals surface area contributed by atoms with Crippen LogP contribution in [0.4, 0.5) is 0 Å². The molecule has 1 atom stereocenters. The van der Waals surface area contributed by atoms with E-state index in [-0.39, 0.29) is 35.8 Å². The topological polar surface area (TPSA) is 100 Å². The third-order valence-electron chi connectivity index (χ3n) is 4.44. The second kappa shape index (κ2) is 7.77. The zero-order chi connectivity index (χ0) is 16.4. The first-order valence-electron chi connectivity index (χ1n) is 7.84. The van der Waals surface area contributed by atoms with Crippen molar-refractivity contribution < 1.29 is 13.2 Å². The van der Waals surface area contributed by atoms with Crippen molar-refractivity contribution in [2.45, 2.75) is 17.9 Å². The predicted octanol–water partition coefficient (Wildman–Crippen LogP) is -0.931. The van der Waals surface area contributed by atoms with Gasteiger partial charge in [-0.1, -0.05) is 5.21 Å². The van der Waals surface area contributed by atoms with Crippen LogP contribution in [0.5, 0.6) is 0 Å². The number of piperidine rings is 1. The monoisotopic (exact) mass is 378 g/mol. The van der Waals surface area contributed by atoms with Crippen LogP contribution in [0.1, 0.15) is 12.8 Å². The highest BCUT2D eigenvalue weighted by Gasteiger charge is 2.36. The number of hydrogen-bond acceptors (Lipinski definition) is 6. The van der Waals surface area contributed by atoms with Crippen LogP contribution in [0, 0.1) is 5.92 Å². The molecule has 0 aromatic carbocycles. The molecule has 3 heterocycles. The van der Waals surface area contributed by atoms with Gasteiger partial charge in [-0.05, 0) is 12.8 Å². The molecule has 1 unspecified atom stereocenters. The van der Waals surface area contributed by atoms with Crippen LogP contribution in [-0.2, 0) is 21.9 Å². The van der Waals surface area contributed by atoms with E-state index in [1.54, 1.807) is 7.05 Å². The lowest BCUT2D eigenvalue weighted by Gasteiger charge is -2.35. The summed E-state index contributed by atoms with van der Waals surface area (Å²) in [5.41, 5.74) is 0. The highest BCUT2D eigenvalue weighted by Crippen LogP contribution is 2.24. The Labute approximate surface area is 147 Å². The number of carbonyl (C=O) groups is 1.